The molecule has 2 heterocycles. The Morgan fingerprint density at radius 1 is 1.04 bits per heavy atom. The third kappa shape index (κ3) is 2.37. The fourth-order valence-electron chi connectivity index (χ4n) is 2.32. The van der Waals surface area contributed by atoms with Gasteiger partial charge < -0.3 is 5.32 Å². The molecule has 3 aromatic rings. The Hall–Kier alpha value is -3.03. The number of aryl methyl sites for hydroxylation is 1. The summed E-state index contributed by atoms with van der Waals surface area (Å²) in [6, 6.07) is 4.83. The van der Waals surface area contributed by atoms with Crippen molar-refractivity contribution in [2.24, 2.45) is 14.1 Å². The van der Waals surface area contributed by atoms with E-state index in [-0.39, 0.29) is 16.7 Å². The van der Waals surface area contributed by atoms with Crippen molar-refractivity contribution in [2.45, 2.75) is 0 Å². The van der Waals surface area contributed by atoms with Crippen LogP contribution in [0.25, 0.3) is 11.0 Å². The predicted molar refractivity (Wildman–Crippen MR) is 81.9 cm³/mol. The second-order valence-electron chi connectivity index (χ2n) is 5.02. The highest BCUT2D eigenvalue weighted by Crippen LogP contribution is 2.22. The molecule has 1 N–H and O–H groups in total. The van der Waals surface area contributed by atoms with Crippen molar-refractivity contribution in [3.63, 3.8) is 0 Å². The van der Waals surface area contributed by atoms with E-state index in [2.05, 4.69) is 10.3 Å². The first-order valence-corrected chi connectivity index (χ1v) is 6.67. The number of pyridine rings is 1. The molecular formula is C15H12F2N4O2. The van der Waals surface area contributed by atoms with E-state index in [0.717, 1.165) is 16.7 Å². The van der Waals surface area contributed by atoms with Crippen LogP contribution in [0.3, 0.4) is 0 Å². The van der Waals surface area contributed by atoms with E-state index >= 15 is 0 Å². The van der Waals surface area contributed by atoms with Gasteiger partial charge in [0.15, 0.2) is 17.3 Å². The molecule has 1 aromatic carbocycles. The van der Waals surface area contributed by atoms with E-state index in [4.69, 9.17) is 0 Å². The summed E-state index contributed by atoms with van der Waals surface area (Å²) in [5, 5.41) is 3.04. The molecule has 6 nitrogen and oxygen atoms in total. The van der Waals surface area contributed by atoms with E-state index in [1.54, 1.807) is 0 Å². The van der Waals surface area contributed by atoms with Gasteiger partial charge in [0.1, 0.15) is 5.39 Å². The van der Waals surface area contributed by atoms with Gasteiger partial charge in [0.05, 0.1) is 5.69 Å². The lowest BCUT2D eigenvalue weighted by molar-refractivity contribution is 0.509. The molecule has 8 heteroatoms. The number of benzene rings is 1. The monoisotopic (exact) mass is 318 g/mol. The first-order valence-electron chi connectivity index (χ1n) is 6.67. The van der Waals surface area contributed by atoms with Crippen LogP contribution in [-0.2, 0) is 14.1 Å². The average Bonchev–Trinajstić information content (AvgIpc) is 2.54. The molecule has 3 rings (SSSR count). The molecule has 0 radical (unpaired) electrons. The highest BCUT2D eigenvalue weighted by atomic mass is 19.2. The summed E-state index contributed by atoms with van der Waals surface area (Å²) < 4.78 is 28.5. The zero-order valence-corrected chi connectivity index (χ0v) is 12.3. The number of anilines is 2. The minimum atomic E-state index is -1.01. The molecule has 0 aliphatic rings. The van der Waals surface area contributed by atoms with Crippen LogP contribution < -0.4 is 16.6 Å². The van der Waals surface area contributed by atoms with Gasteiger partial charge in [-0.3, -0.25) is 13.9 Å². The molecular weight excluding hydrogens is 306 g/mol. The van der Waals surface area contributed by atoms with Crippen LogP contribution in [0.4, 0.5) is 20.2 Å². The summed E-state index contributed by atoms with van der Waals surface area (Å²) in [6.07, 6.45) is 1.42. The van der Waals surface area contributed by atoms with Crippen LogP contribution >= 0.6 is 0 Å². The number of rotatable bonds is 2. The van der Waals surface area contributed by atoms with Gasteiger partial charge in [-0.15, -0.1) is 0 Å². The molecule has 0 saturated carbocycles. The summed E-state index contributed by atoms with van der Waals surface area (Å²) in [6.45, 7) is 0. The van der Waals surface area contributed by atoms with Gasteiger partial charge in [0.25, 0.3) is 5.56 Å². The van der Waals surface area contributed by atoms with Crippen LogP contribution in [0.1, 0.15) is 0 Å². The molecule has 0 amide bonds. The molecule has 0 unspecified atom stereocenters. The Labute approximate surface area is 128 Å². The van der Waals surface area contributed by atoms with Crippen LogP contribution in [0.2, 0.25) is 0 Å². The van der Waals surface area contributed by atoms with E-state index in [1.165, 1.54) is 37.0 Å². The maximum atomic E-state index is 13.3. The maximum Gasteiger partial charge on any atom is 0.332 e. The zero-order chi connectivity index (χ0) is 16.7. The van der Waals surface area contributed by atoms with Gasteiger partial charge in [-0.25, -0.2) is 18.6 Å². The zero-order valence-electron chi connectivity index (χ0n) is 12.3. The SMILES string of the molecule is Cn1c(=O)c2c(Nc3ccc(F)c(F)c3)ccnc2n(C)c1=O. The summed E-state index contributed by atoms with van der Waals surface area (Å²) in [4.78, 5) is 28.4. The topological polar surface area (TPSA) is 68.9 Å². The number of hydrogen-bond acceptors (Lipinski definition) is 4. The van der Waals surface area contributed by atoms with E-state index in [0.29, 0.717) is 5.69 Å². The first kappa shape index (κ1) is 14.9. The number of nitrogens with zero attached hydrogens (tertiary/aromatic N) is 3. The van der Waals surface area contributed by atoms with Crippen LogP contribution in [0.5, 0.6) is 0 Å². The molecule has 23 heavy (non-hydrogen) atoms. The maximum absolute atomic E-state index is 13.3. The average molecular weight is 318 g/mol. The van der Waals surface area contributed by atoms with Gasteiger partial charge in [0.2, 0.25) is 0 Å². The van der Waals surface area contributed by atoms with Crippen LogP contribution in [0, 0.1) is 11.6 Å². The highest BCUT2D eigenvalue weighted by molar-refractivity contribution is 5.90. The van der Waals surface area contributed by atoms with Crippen molar-refractivity contribution in [1.82, 2.24) is 14.1 Å². The number of fused-ring (bicyclic) bond motifs is 1. The fraction of sp³-hybridized carbons (Fsp3) is 0.133. The van der Waals surface area contributed by atoms with Crippen molar-refractivity contribution in [2.75, 3.05) is 5.32 Å². The predicted octanol–water partition coefficient (Wildman–Crippen LogP) is 1.65. The molecule has 0 spiro atoms. The summed E-state index contributed by atoms with van der Waals surface area (Å²) in [5.74, 6) is -1.97. The Morgan fingerprint density at radius 2 is 1.78 bits per heavy atom. The first-order chi connectivity index (χ1) is 10.9. The second-order valence-corrected chi connectivity index (χ2v) is 5.02. The van der Waals surface area contributed by atoms with Crippen molar-refractivity contribution >= 4 is 22.4 Å². The van der Waals surface area contributed by atoms with Gasteiger partial charge in [-0.05, 0) is 18.2 Å². The van der Waals surface area contributed by atoms with Gasteiger partial charge in [-0.2, -0.15) is 0 Å². The molecule has 0 bridgehead atoms. The van der Waals surface area contributed by atoms with Crippen molar-refractivity contribution in [3.05, 3.63) is 62.9 Å². The lowest BCUT2D eigenvalue weighted by atomic mass is 10.2. The number of hydrogen-bond donors (Lipinski definition) is 1. The van der Waals surface area contributed by atoms with Gasteiger partial charge >= 0.3 is 5.69 Å². The fourth-order valence-corrected chi connectivity index (χ4v) is 2.32. The molecule has 0 atom stereocenters. The standard InChI is InChI=1S/C15H12F2N4O2/c1-20-13-12(14(22)21(2)15(20)23)11(5-6-18-13)19-8-3-4-9(16)10(17)7-8/h3-7H,1-2H3,(H,18,19). The lowest BCUT2D eigenvalue weighted by Gasteiger charge is -2.12. The smallest absolute Gasteiger partial charge is 0.332 e. The number of aromatic nitrogens is 3. The van der Waals surface area contributed by atoms with Crippen molar-refractivity contribution < 1.29 is 8.78 Å². The van der Waals surface area contributed by atoms with Gasteiger partial charge in [-0.1, -0.05) is 0 Å². The van der Waals surface area contributed by atoms with Gasteiger partial charge in [0, 0.05) is 32.0 Å². The van der Waals surface area contributed by atoms with Crippen molar-refractivity contribution in [3.8, 4) is 0 Å². The lowest BCUT2D eigenvalue weighted by Crippen LogP contribution is -2.37. The van der Waals surface area contributed by atoms with E-state index < -0.39 is 22.9 Å². The minimum Gasteiger partial charge on any atom is -0.355 e. The Morgan fingerprint density at radius 3 is 2.48 bits per heavy atom. The Bertz CT molecular complexity index is 1040. The third-order valence-corrected chi connectivity index (χ3v) is 3.54. The molecule has 0 aliphatic carbocycles. The molecule has 2 aromatic heterocycles. The quantitative estimate of drug-likeness (QED) is 0.780. The van der Waals surface area contributed by atoms with E-state index in [9.17, 15) is 18.4 Å². The number of halogens is 2. The van der Waals surface area contributed by atoms with Crippen LogP contribution in [-0.4, -0.2) is 14.1 Å². The third-order valence-electron chi connectivity index (χ3n) is 3.54. The molecule has 0 saturated heterocycles. The van der Waals surface area contributed by atoms with Crippen molar-refractivity contribution in [1.29, 1.82) is 0 Å². The molecule has 118 valence electrons. The number of nitrogens with one attached hydrogen (secondary N) is 1. The summed E-state index contributed by atoms with van der Waals surface area (Å²) >= 11 is 0. The normalized spacial score (nSPS) is 11.0. The second kappa shape index (κ2) is 5.31. The molecule has 0 fully saturated rings. The largest absolute Gasteiger partial charge is 0.355 e. The van der Waals surface area contributed by atoms with E-state index in [1.807, 2.05) is 0 Å². The summed E-state index contributed by atoms with van der Waals surface area (Å²) in [5.41, 5.74) is -0.212. The van der Waals surface area contributed by atoms with Crippen LogP contribution in [0.15, 0.2) is 40.1 Å². The summed E-state index contributed by atoms with van der Waals surface area (Å²) in [7, 11) is 2.86. The Kier molecular flexibility index (Phi) is 3.44. The highest BCUT2D eigenvalue weighted by Gasteiger charge is 2.14. The Balaban J connectivity index is 2.24. The minimum absolute atomic E-state index is 0.182. The molecule has 0 aliphatic heterocycles.